The van der Waals surface area contributed by atoms with Crippen LogP contribution in [0.4, 0.5) is 0 Å². The van der Waals surface area contributed by atoms with Crippen molar-refractivity contribution < 1.29 is 33.4 Å². The molecule has 7 nitrogen and oxygen atoms in total. The second-order valence-corrected chi connectivity index (χ2v) is 2.73. The van der Waals surface area contributed by atoms with E-state index in [-0.39, 0.29) is 0 Å². The predicted molar refractivity (Wildman–Crippen MR) is 41.9 cm³/mol. The van der Waals surface area contributed by atoms with Crippen molar-refractivity contribution in [2.24, 2.45) is 0 Å². The minimum absolute atomic E-state index is 0.860. The van der Waals surface area contributed by atoms with Crippen LogP contribution in [0.1, 0.15) is 0 Å². The van der Waals surface area contributed by atoms with Gasteiger partial charge in [-0.05, 0) is 6.08 Å². The van der Waals surface area contributed by atoms with E-state index in [1.54, 1.807) is 0 Å². The van der Waals surface area contributed by atoms with Gasteiger partial charge in [0.2, 0.25) is 0 Å². The van der Waals surface area contributed by atoms with Gasteiger partial charge in [0.25, 0.3) is 0 Å². The number of aliphatic hydroxyl groups excluding tert-OH is 1. The lowest BCUT2D eigenvalue weighted by Gasteiger charge is -2.06. The summed E-state index contributed by atoms with van der Waals surface area (Å²) in [6.45, 7) is 3.03. The highest BCUT2D eigenvalue weighted by Gasteiger charge is 2.17. The summed E-state index contributed by atoms with van der Waals surface area (Å²) in [5.74, 6) is 0. The van der Waals surface area contributed by atoms with Crippen LogP contribution < -0.4 is 0 Å². The molecular weight excluding hydrogens is 210 g/mol. The average molecular weight is 220 g/mol. The Morgan fingerprint density at radius 2 is 1.92 bits per heavy atom. The fourth-order valence-electron chi connectivity index (χ4n) is 0.184. The van der Waals surface area contributed by atoms with Crippen molar-refractivity contribution >= 4 is 16.5 Å². The van der Waals surface area contributed by atoms with E-state index >= 15 is 0 Å². The molecule has 2 atom stereocenters. The molecule has 0 aliphatic rings. The van der Waals surface area contributed by atoms with E-state index in [0.717, 1.165) is 6.08 Å². The molecule has 12 heavy (non-hydrogen) atoms. The third kappa shape index (κ3) is 16.5. The zero-order valence-electron chi connectivity index (χ0n) is 5.90. The standard InChI is InChI=1S/C3H7O5P.H3O2P/c1-2-3(4)8-9(5,6)7;1-3-2/h2-4H,1H2,(H2,5,6,7);3H2,(H,1,2). The predicted octanol–water partition coefficient (Wildman–Crippen LogP) is -0.750. The summed E-state index contributed by atoms with van der Waals surface area (Å²) in [6.07, 6.45) is -0.746. The number of phosphoric ester groups is 1. The molecule has 0 aromatic rings. The lowest BCUT2D eigenvalue weighted by molar-refractivity contribution is 0.00183. The van der Waals surface area contributed by atoms with Gasteiger partial charge in [-0.25, -0.2) is 4.57 Å². The molecule has 2 unspecified atom stereocenters. The van der Waals surface area contributed by atoms with Crippen molar-refractivity contribution in [1.82, 2.24) is 0 Å². The molecule has 0 radical (unpaired) electrons. The largest absolute Gasteiger partial charge is 0.472 e. The summed E-state index contributed by atoms with van der Waals surface area (Å²) in [5.41, 5.74) is 0. The molecule has 74 valence electrons. The summed E-state index contributed by atoms with van der Waals surface area (Å²) in [5, 5.41) is 8.36. The summed E-state index contributed by atoms with van der Waals surface area (Å²) < 4.78 is 22.1. The first-order valence-electron chi connectivity index (χ1n) is 2.49. The first-order valence-corrected chi connectivity index (χ1v) is 5.01. The quantitative estimate of drug-likeness (QED) is 0.280. The molecule has 0 saturated heterocycles. The van der Waals surface area contributed by atoms with Gasteiger partial charge in [0.05, 0.1) is 0 Å². The Hall–Kier alpha value is -0.0000000000000000208. The maximum absolute atomic E-state index is 9.86. The van der Waals surface area contributed by atoms with Crippen molar-refractivity contribution in [2.45, 2.75) is 6.29 Å². The van der Waals surface area contributed by atoms with Crippen LogP contribution in [0.5, 0.6) is 0 Å². The van der Waals surface area contributed by atoms with Crippen molar-refractivity contribution in [1.29, 1.82) is 0 Å². The van der Waals surface area contributed by atoms with E-state index in [0.29, 0.717) is 0 Å². The maximum atomic E-state index is 9.86. The van der Waals surface area contributed by atoms with E-state index in [1.165, 1.54) is 0 Å². The number of rotatable bonds is 3. The molecule has 0 aliphatic heterocycles. The third-order valence-corrected chi connectivity index (χ3v) is 0.938. The number of hydrogen-bond donors (Lipinski definition) is 4. The van der Waals surface area contributed by atoms with E-state index in [9.17, 15) is 4.57 Å². The van der Waals surface area contributed by atoms with Gasteiger partial charge in [-0.15, -0.1) is 0 Å². The summed E-state index contributed by atoms with van der Waals surface area (Å²) >= 11 is 0. The van der Waals surface area contributed by atoms with Gasteiger partial charge >= 0.3 is 7.82 Å². The second-order valence-electron chi connectivity index (χ2n) is 1.33. The van der Waals surface area contributed by atoms with Gasteiger partial charge in [0, 0.05) is 0 Å². The van der Waals surface area contributed by atoms with Gasteiger partial charge in [-0.2, -0.15) is 0 Å². The SMILES string of the molecule is C=CC(O)OP(=O)(O)O.O=[PH2]O. The molecule has 0 rings (SSSR count). The fourth-order valence-corrected chi connectivity index (χ4v) is 0.551. The molecule has 0 amide bonds. The van der Waals surface area contributed by atoms with Crippen LogP contribution in [-0.4, -0.2) is 26.1 Å². The van der Waals surface area contributed by atoms with Crippen LogP contribution in [0.2, 0.25) is 0 Å². The average Bonchev–Trinajstić information content (AvgIpc) is 1.86. The van der Waals surface area contributed by atoms with Crippen LogP contribution in [0.3, 0.4) is 0 Å². The zero-order chi connectivity index (χ0) is 10.2. The molecule has 4 N–H and O–H groups in total. The first kappa shape index (κ1) is 14.5. The van der Waals surface area contributed by atoms with E-state index in [1.807, 2.05) is 0 Å². The van der Waals surface area contributed by atoms with E-state index in [4.69, 9.17) is 24.4 Å². The Morgan fingerprint density at radius 3 is 2.00 bits per heavy atom. The topological polar surface area (TPSA) is 124 Å². The molecule has 0 saturated carbocycles. The van der Waals surface area contributed by atoms with Gasteiger partial charge < -0.3 is 19.8 Å². The second kappa shape index (κ2) is 7.64. The van der Waals surface area contributed by atoms with E-state index < -0.39 is 22.8 Å². The zero-order valence-corrected chi connectivity index (χ0v) is 7.95. The highest BCUT2D eigenvalue weighted by molar-refractivity contribution is 7.46. The van der Waals surface area contributed by atoms with Crippen molar-refractivity contribution in [3.05, 3.63) is 12.7 Å². The van der Waals surface area contributed by atoms with Crippen LogP contribution >= 0.6 is 16.5 Å². The molecule has 0 heterocycles. The Bertz CT molecular complexity index is 173. The Kier molecular flexibility index (Phi) is 9.24. The van der Waals surface area contributed by atoms with Gasteiger partial charge in [0.15, 0.2) is 15.0 Å². The molecular formula is C3H10O7P2. The molecule has 0 aromatic heterocycles. The Labute approximate surface area is 69.8 Å². The highest BCUT2D eigenvalue weighted by Crippen LogP contribution is 2.36. The fraction of sp³-hybridized carbons (Fsp3) is 0.333. The molecule has 9 heteroatoms. The summed E-state index contributed by atoms with van der Waals surface area (Å²) in [4.78, 5) is 23.1. The molecule has 0 bridgehead atoms. The van der Waals surface area contributed by atoms with Crippen LogP contribution in [0.15, 0.2) is 12.7 Å². The first-order chi connectivity index (χ1) is 5.37. The monoisotopic (exact) mass is 220 g/mol. The van der Waals surface area contributed by atoms with Crippen molar-refractivity contribution in [3.8, 4) is 0 Å². The highest BCUT2D eigenvalue weighted by atomic mass is 31.2. The van der Waals surface area contributed by atoms with Crippen molar-refractivity contribution in [2.75, 3.05) is 0 Å². The van der Waals surface area contributed by atoms with Crippen molar-refractivity contribution in [3.63, 3.8) is 0 Å². The Balaban J connectivity index is 0. The number of hydrogen-bond acceptors (Lipinski definition) is 4. The van der Waals surface area contributed by atoms with Gasteiger partial charge in [-0.1, -0.05) is 6.58 Å². The molecule has 0 fully saturated rings. The normalized spacial score (nSPS) is 13.7. The Morgan fingerprint density at radius 1 is 1.58 bits per heavy atom. The molecule has 0 aliphatic carbocycles. The van der Waals surface area contributed by atoms with Crippen LogP contribution in [0.25, 0.3) is 0 Å². The van der Waals surface area contributed by atoms with Crippen LogP contribution in [0, 0.1) is 0 Å². The lowest BCUT2D eigenvalue weighted by atomic mass is 10.6. The van der Waals surface area contributed by atoms with Gasteiger partial charge in [0.1, 0.15) is 0 Å². The van der Waals surface area contributed by atoms with Crippen LogP contribution in [-0.2, 0) is 13.7 Å². The summed E-state index contributed by atoms with van der Waals surface area (Å²) in [7, 11) is -6.06. The lowest BCUT2D eigenvalue weighted by Crippen LogP contribution is -2.04. The minimum atomic E-state index is -4.56. The number of aliphatic hydroxyl groups is 1. The third-order valence-electron chi connectivity index (χ3n) is 0.447. The van der Waals surface area contributed by atoms with Gasteiger partial charge in [-0.3, -0.25) is 9.09 Å². The smallest absolute Gasteiger partial charge is 0.364 e. The minimum Gasteiger partial charge on any atom is -0.364 e. The number of phosphoric acid groups is 1. The summed E-state index contributed by atoms with van der Waals surface area (Å²) in [6, 6.07) is 0. The van der Waals surface area contributed by atoms with E-state index in [2.05, 4.69) is 11.1 Å². The molecule has 0 aromatic carbocycles. The molecule has 0 spiro atoms. The maximum Gasteiger partial charge on any atom is 0.472 e.